The maximum Gasteiger partial charge on any atom is 0.240 e. The van der Waals surface area contributed by atoms with Gasteiger partial charge in [0.1, 0.15) is 0 Å². The van der Waals surface area contributed by atoms with E-state index in [1.807, 2.05) is 4.90 Å². The van der Waals surface area contributed by atoms with Crippen molar-refractivity contribution in [2.45, 2.75) is 39.0 Å². The van der Waals surface area contributed by atoms with E-state index in [1.54, 1.807) is 0 Å². The summed E-state index contributed by atoms with van der Waals surface area (Å²) in [5.74, 6) is 0.276. The molecule has 1 fully saturated rings. The Morgan fingerprint density at radius 1 is 1.32 bits per heavy atom. The van der Waals surface area contributed by atoms with Crippen molar-refractivity contribution in [3.8, 4) is 0 Å². The molecule has 108 valence electrons. The highest BCUT2D eigenvalue weighted by Crippen LogP contribution is 2.21. The van der Waals surface area contributed by atoms with Crippen molar-refractivity contribution >= 4 is 5.91 Å². The zero-order valence-electron chi connectivity index (χ0n) is 12.2. The Hall–Kier alpha value is -0.870. The van der Waals surface area contributed by atoms with Crippen LogP contribution >= 0.6 is 0 Å². The summed E-state index contributed by atoms with van der Waals surface area (Å²) in [4.78, 5) is 16.8. The third-order valence-corrected chi connectivity index (χ3v) is 4.02. The molecule has 4 heteroatoms. The van der Waals surface area contributed by atoms with Crippen LogP contribution in [0.15, 0.2) is 11.8 Å². The van der Waals surface area contributed by atoms with Crippen molar-refractivity contribution in [3.05, 3.63) is 11.8 Å². The SMILES string of the molecule is CCN(C(=O)CN1CCCNCC1)C1=CCCCC1. The molecule has 0 atom stereocenters. The number of carbonyl (C=O) groups excluding carboxylic acids is 1. The maximum atomic E-state index is 12.5. The lowest BCUT2D eigenvalue weighted by Crippen LogP contribution is -2.41. The standard InChI is InChI=1S/C15H27N3O/c1-2-18(14-7-4-3-5-8-14)15(19)13-17-11-6-9-16-10-12-17/h7,16H,2-6,8-13H2,1H3. The van der Waals surface area contributed by atoms with Crippen LogP contribution < -0.4 is 5.32 Å². The lowest BCUT2D eigenvalue weighted by molar-refractivity contribution is -0.130. The smallest absolute Gasteiger partial charge is 0.240 e. The Bertz CT molecular complexity index is 319. The van der Waals surface area contributed by atoms with Crippen LogP contribution in [0.2, 0.25) is 0 Å². The third-order valence-electron chi connectivity index (χ3n) is 4.02. The van der Waals surface area contributed by atoms with Crippen LogP contribution in [0.1, 0.15) is 39.0 Å². The van der Waals surface area contributed by atoms with E-state index < -0.39 is 0 Å². The highest BCUT2D eigenvalue weighted by atomic mass is 16.2. The molecule has 0 bridgehead atoms. The Morgan fingerprint density at radius 3 is 2.95 bits per heavy atom. The van der Waals surface area contributed by atoms with Gasteiger partial charge in [-0.05, 0) is 52.1 Å². The van der Waals surface area contributed by atoms with Crippen molar-refractivity contribution in [1.29, 1.82) is 0 Å². The van der Waals surface area contributed by atoms with Gasteiger partial charge in [0.2, 0.25) is 5.91 Å². The molecule has 1 amide bonds. The predicted molar refractivity (Wildman–Crippen MR) is 77.9 cm³/mol. The first-order chi connectivity index (χ1) is 9.31. The van der Waals surface area contributed by atoms with Gasteiger partial charge in [-0.25, -0.2) is 0 Å². The molecule has 1 aliphatic heterocycles. The quantitative estimate of drug-likeness (QED) is 0.838. The summed E-state index contributed by atoms with van der Waals surface area (Å²) < 4.78 is 0. The largest absolute Gasteiger partial charge is 0.316 e. The van der Waals surface area contributed by atoms with Crippen LogP contribution in [0.25, 0.3) is 0 Å². The number of hydrogen-bond acceptors (Lipinski definition) is 3. The second-order valence-corrected chi connectivity index (χ2v) is 5.46. The summed E-state index contributed by atoms with van der Waals surface area (Å²) in [5, 5.41) is 3.38. The number of rotatable bonds is 4. The molecule has 2 aliphatic rings. The van der Waals surface area contributed by atoms with E-state index in [-0.39, 0.29) is 5.91 Å². The monoisotopic (exact) mass is 265 g/mol. The summed E-state index contributed by atoms with van der Waals surface area (Å²) in [6, 6.07) is 0. The molecule has 4 nitrogen and oxygen atoms in total. The number of nitrogens with zero attached hydrogens (tertiary/aromatic N) is 2. The van der Waals surface area contributed by atoms with Crippen LogP contribution in [-0.2, 0) is 4.79 Å². The zero-order chi connectivity index (χ0) is 13.5. The average molecular weight is 265 g/mol. The average Bonchev–Trinajstić information content (AvgIpc) is 2.69. The van der Waals surface area contributed by atoms with Gasteiger partial charge >= 0.3 is 0 Å². The second kappa shape index (κ2) is 7.65. The van der Waals surface area contributed by atoms with Gasteiger partial charge in [-0.15, -0.1) is 0 Å². The predicted octanol–water partition coefficient (Wildman–Crippen LogP) is 1.59. The topological polar surface area (TPSA) is 35.6 Å². The van der Waals surface area contributed by atoms with Gasteiger partial charge < -0.3 is 10.2 Å². The summed E-state index contributed by atoms with van der Waals surface area (Å²) in [5.41, 5.74) is 1.26. The van der Waals surface area contributed by atoms with Crippen LogP contribution in [0.4, 0.5) is 0 Å². The molecule has 0 saturated carbocycles. The molecule has 1 saturated heterocycles. The van der Waals surface area contributed by atoms with E-state index in [0.29, 0.717) is 6.54 Å². The molecule has 0 aromatic heterocycles. The molecule has 1 aliphatic carbocycles. The summed E-state index contributed by atoms with van der Waals surface area (Å²) in [7, 11) is 0. The molecule has 1 N–H and O–H groups in total. The maximum absolute atomic E-state index is 12.5. The molecule has 0 aromatic rings. The molecule has 0 aromatic carbocycles. The third kappa shape index (κ3) is 4.32. The van der Waals surface area contributed by atoms with E-state index in [9.17, 15) is 4.79 Å². The minimum atomic E-state index is 0.276. The van der Waals surface area contributed by atoms with Crippen LogP contribution in [-0.4, -0.2) is 55.0 Å². The van der Waals surface area contributed by atoms with Gasteiger partial charge in [-0.2, -0.15) is 0 Å². The molecule has 2 rings (SSSR count). The van der Waals surface area contributed by atoms with Gasteiger partial charge in [0.05, 0.1) is 6.54 Å². The van der Waals surface area contributed by atoms with E-state index in [1.165, 1.54) is 18.5 Å². The first-order valence-electron chi connectivity index (χ1n) is 7.73. The molecule has 19 heavy (non-hydrogen) atoms. The van der Waals surface area contributed by atoms with Crippen molar-refractivity contribution in [3.63, 3.8) is 0 Å². The number of hydrogen-bond donors (Lipinski definition) is 1. The first kappa shape index (κ1) is 14.5. The van der Waals surface area contributed by atoms with E-state index in [2.05, 4.69) is 23.2 Å². The first-order valence-corrected chi connectivity index (χ1v) is 7.73. The molecule has 0 radical (unpaired) electrons. The minimum absolute atomic E-state index is 0.276. The van der Waals surface area contributed by atoms with Gasteiger partial charge in [0.25, 0.3) is 0 Å². The molecule has 0 unspecified atom stereocenters. The molecular weight excluding hydrogens is 238 g/mol. The lowest BCUT2D eigenvalue weighted by atomic mass is 10.0. The van der Waals surface area contributed by atoms with Gasteiger partial charge in [0.15, 0.2) is 0 Å². The van der Waals surface area contributed by atoms with Gasteiger partial charge in [0, 0.05) is 25.3 Å². The highest BCUT2D eigenvalue weighted by molar-refractivity contribution is 5.80. The van der Waals surface area contributed by atoms with Crippen LogP contribution in [0, 0.1) is 0 Å². The number of likely N-dealkylation sites (N-methyl/N-ethyl adjacent to an activating group) is 1. The fourth-order valence-electron chi connectivity index (χ4n) is 2.94. The van der Waals surface area contributed by atoms with Crippen LogP contribution in [0.3, 0.4) is 0 Å². The Labute approximate surface area is 116 Å². The zero-order valence-corrected chi connectivity index (χ0v) is 12.2. The van der Waals surface area contributed by atoms with Crippen LogP contribution in [0.5, 0.6) is 0 Å². The Morgan fingerprint density at radius 2 is 2.21 bits per heavy atom. The fourth-order valence-corrected chi connectivity index (χ4v) is 2.94. The minimum Gasteiger partial charge on any atom is -0.316 e. The Kier molecular flexibility index (Phi) is 5.86. The summed E-state index contributed by atoms with van der Waals surface area (Å²) in [6.07, 6.45) is 8.10. The van der Waals surface area contributed by atoms with E-state index in [4.69, 9.17) is 0 Å². The number of carbonyl (C=O) groups is 1. The fraction of sp³-hybridized carbons (Fsp3) is 0.800. The highest BCUT2D eigenvalue weighted by Gasteiger charge is 2.20. The normalized spacial score (nSPS) is 21.6. The van der Waals surface area contributed by atoms with E-state index in [0.717, 1.165) is 52.0 Å². The van der Waals surface area contributed by atoms with E-state index >= 15 is 0 Å². The summed E-state index contributed by atoms with van der Waals surface area (Å²) in [6.45, 7) is 7.56. The lowest BCUT2D eigenvalue weighted by Gasteiger charge is -2.29. The van der Waals surface area contributed by atoms with Crippen molar-refractivity contribution in [2.75, 3.05) is 39.3 Å². The number of nitrogens with one attached hydrogen (secondary N) is 1. The molecular formula is C15H27N3O. The Balaban J connectivity index is 1.90. The summed E-state index contributed by atoms with van der Waals surface area (Å²) >= 11 is 0. The molecule has 0 spiro atoms. The number of amides is 1. The molecule has 1 heterocycles. The van der Waals surface area contributed by atoms with Crippen molar-refractivity contribution < 1.29 is 4.79 Å². The second-order valence-electron chi connectivity index (χ2n) is 5.46. The van der Waals surface area contributed by atoms with Crippen molar-refractivity contribution in [1.82, 2.24) is 15.1 Å². The van der Waals surface area contributed by atoms with Gasteiger partial charge in [-0.3, -0.25) is 9.69 Å². The van der Waals surface area contributed by atoms with Gasteiger partial charge in [-0.1, -0.05) is 6.08 Å². The van der Waals surface area contributed by atoms with Crippen molar-refractivity contribution in [2.24, 2.45) is 0 Å². The number of allylic oxidation sites excluding steroid dienone is 2.